The molecule has 0 amide bonds. The van der Waals surface area contributed by atoms with Gasteiger partial charge in [-0.1, -0.05) is 36.5 Å². The van der Waals surface area contributed by atoms with Crippen molar-refractivity contribution in [3.8, 4) is 11.8 Å². The van der Waals surface area contributed by atoms with Crippen LogP contribution in [0.2, 0.25) is 0 Å². The van der Waals surface area contributed by atoms with Gasteiger partial charge in [-0.2, -0.15) is 0 Å². The van der Waals surface area contributed by atoms with Crippen molar-refractivity contribution in [2.75, 3.05) is 19.6 Å². The third kappa shape index (κ3) is 5.91. The van der Waals surface area contributed by atoms with E-state index in [1.165, 1.54) is 25.8 Å². The van der Waals surface area contributed by atoms with Gasteiger partial charge in [0.15, 0.2) is 0 Å². The van der Waals surface area contributed by atoms with Gasteiger partial charge in [-0.25, -0.2) is 0 Å². The molecule has 0 aliphatic carbocycles. The lowest BCUT2D eigenvalue weighted by atomic mass is 10.0. The Morgan fingerprint density at radius 2 is 1.95 bits per heavy atom. The van der Waals surface area contributed by atoms with Gasteiger partial charge >= 0.3 is 0 Å². The smallest absolute Gasteiger partial charge is 0.0608 e. The molecule has 1 atom stereocenters. The Labute approximate surface area is 129 Å². The van der Waals surface area contributed by atoms with Crippen LogP contribution in [-0.4, -0.2) is 36.1 Å². The van der Waals surface area contributed by atoms with Gasteiger partial charge in [-0.05, 0) is 52.3 Å². The molecular formula is C19H28N2. The molecule has 1 unspecified atom stereocenters. The summed E-state index contributed by atoms with van der Waals surface area (Å²) in [5.74, 6) is 6.62. The summed E-state index contributed by atoms with van der Waals surface area (Å²) < 4.78 is 0. The molecule has 21 heavy (non-hydrogen) atoms. The lowest BCUT2D eigenvalue weighted by Crippen LogP contribution is -2.49. The second-order valence-electron chi connectivity index (χ2n) is 6.92. The lowest BCUT2D eigenvalue weighted by molar-refractivity contribution is 0.156. The van der Waals surface area contributed by atoms with Gasteiger partial charge in [0.2, 0.25) is 0 Å². The van der Waals surface area contributed by atoms with Crippen molar-refractivity contribution < 1.29 is 0 Å². The topological polar surface area (TPSA) is 15.3 Å². The number of rotatable bonds is 3. The minimum atomic E-state index is 0.193. The lowest BCUT2D eigenvalue weighted by Gasteiger charge is -2.36. The number of nitrogens with one attached hydrogen (secondary N) is 1. The zero-order chi connectivity index (χ0) is 15.1. The molecule has 1 aromatic carbocycles. The van der Waals surface area contributed by atoms with Crippen LogP contribution in [0.1, 0.15) is 45.6 Å². The molecule has 1 N–H and O–H groups in total. The second-order valence-corrected chi connectivity index (χ2v) is 6.92. The van der Waals surface area contributed by atoms with Crippen molar-refractivity contribution in [3.05, 3.63) is 35.9 Å². The first-order valence-electron chi connectivity index (χ1n) is 8.07. The van der Waals surface area contributed by atoms with Gasteiger partial charge < -0.3 is 5.32 Å². The fourth-order valence-electron chi connectivity index (χ4n) is 2.69. The Morgan fingerprint density at radius 3 is 2.67 bits per heavy atom. The van der Waals surface area contributed by atoms with Crippen LogP contribution < -0.4 is 5.32 Å². The normalized spacial score (nSPS) is 19.9. The number of piperidine rings is 1. The number of nitrogens with zero attached hydrogens (tertiary/aromatic N) is 1. The molecule has 1 aliphatic heterocycles. The molecule has 114 valence electrons. The SMILES string of the molecule is CC(C)(C)NCC1CCCCN1CC#Cc1ccccc1. The molecule has 1 aromatic rings. The summed E-state index contributed by atoms with van der Waals surface area (Å²) in [5, 5.41) is 3.64. The molecule has 1 saturated heterocycles. The highest BCUT2D eigenvalue weighted by Crippen LogP contribution is 2.16. The molecule has 0 aromatic heterocycles. The van der Waals surface area contributed by atoms with Crippen LogP contribution >= 0.6 is 0 Å². The van der Waals surface area contributed by atoms with Crippen LogP contribution in [-0.2, 0) is 0 Å². The molecular weight excluding hydrogens is 256 g/mol. The summed E-state index contributed by atoms with van der Waals surface area (Å²) >= 11 is 0. The molecule has 1 fully saturated rings. The molecule has 1 heterocycles. The molecule has 0 spiro atoms. The third-order valence-corrected chi connectivity index (χ3v) is 3.91. The highest BCUT2D eigenvalue weighted by atomic mass is 15.2. The van der Waals surface area contributed by atoms with Gasteiger partial charge in [0.25, 0.3) is 0 Å². The number of likely N-dealkylation sites (tertiary alicyclic amines) is 1. The first-order chi connectivity index (χ1) is 10.0. The number of hydrogen-bond donors (Lipinski definition) is 1. The number of hydrogen-bond acceptors (Lipinski definition) is 2. The molecule has 2 nitrogen and oxygen atoms in total. The maximum absolute atomic E-state index is 3.64. The first kappa shape index (κ1) is 16.1. The Morgan fingerprint density at radius 1 is 1.19 bits per heavy atom. The maximum atomic E-state index is 3.64. The van der Waals surface area contributed by atoms with E-state index in [-0.39, 0.29) is 5.54 Å². The standard InChI is InChI=1S/C19H28N2/c1-19(2,3)20-16-18-13-7-8-14-21(18)15-9-12-17-10-5-4-6-11-17/h4-6,10-11,18,20H,7-8,13-16H2,1-3H3. The zero-order valence-corrected chi connectivity index (χ0v) is 13.7. The molecule has 2 rings (SSSR count). The van der Waals surface area contributed by atoms with E-state index in [0.717, 1.165) is 18.7 Å². The Bertz CT molecular complexity index is 476. The zero-order valence-electron chi connectivity index (χ0n) is 13.7. The highest BCUT2D eigenvalue weighted by molar-refractivity contribution is 5.33. The molecule has 0 radical (unpaired) electrons. The fourth-order valence-corrected chi connectivity index (χ4v) is 2.69. The van der Waals surface area contributed by atoms with Crippen LogP contribution in [0.5, 0.6) is 0 Å². The summed E-state index contributed by atoms with van der Waals surface area (Å²) in [6.45, 7) is 9.82. The Kier molecular flexibility index (Phi) is 5.85. The molecule has 0 saturated carbocycles. The molecule has 2 heteroatoms. The summed E-state index contributed by atoms with van der Waals surface area (Å²) in [6, 6.07) is 10.9. The van der Waals surface area contributed by atoms with E-state index < -0.39 is 0 Å². The monoisotopic (exact) mass is 284 g/mol. The summed E-state index contributed by atoms with van der Waals surface area (Å²) in [6.07, 6.45) is 3.94. The van der Waals surface area contributed by atoms with E-state index in [4.69, 9.17) is 0 Å². The van der Waals surface area contributed by atoms with Crippen LogP contribution in [0.25, 0.3) is 0 Å². The summed E-state index contributed by atoms with van der Waals surface area (Å²) in [5.41, 5.74) is 1.30. The van der Waals surface area contributed by atoms with Gasteiger partial charge in [-0.15, -0.1) is 0 Å². The Balaban J connectivity index is 1.89. The van der Waals surface area contributed by atoms with Crippen LogP contribution in [0.3, 0.4) is 0 Å². The van der Waals surface area contributed by atoms with E-state index in [9.17, 15) is 0 Å². The maximum Gasteiger partial charge on any atom is 0.0608 e. The Hall–Kier alpha value is -1.30. The average molecular weight is 284 g/mol. The molecule has 0 bridgehead atoms. The van der Waals surface area contributed by atoms with Crippen molar-refractivity contribution in [2.24, 2.45) is 0 Å². The van der Waals surface area contributed by atoms with Crippen molar-refractivity contribution in [1.82, 2.24) is 10.2 Å². The van der Waals surface area contributed by atoms with Crippen molar-refractivity contribution in [3.63, 3.8) is 0 Å². The minimum Gasteiger partial charge on any atom is -0.311 e. The van der Waals surface area contributed by atoms with Crippen molar-refractivity contribution in [1.29, 1.82) is 0 Å². The van der Waals surface area contributed by atoms with Crippen LogP contribution in [0.15, 0.2) is 30.3 Å². The third-order valence-electron chi connectivity index (χ3n) is 3.91. The van der Waals surface area contributed by atoms with Crippen LogP contribution in [0.4, 0.5) is 0 Å². The fraction of sp³-hybridized carbons (Fsp3) is 0.579. The van der Waals surface area contributed by atoms with E-state index in [1.807, 2.05) is 18.2 Å². The predicted octanol–water partition coefficient (Wildman–Crippen LogP) is 3.28. The van der Waals surface area contributed by atoms with E-state index in [2.05, 4.69) is 55.0 Å². The highest BCUT2D eigenvalue weighted by Gasteiger charge is 2.22. The largest absolute Gasteiger partial charge is 0.311 e. The first-order valence-corrected chi connectivity index (χ1v) is 8.07. The van der Waals surface area contributed by atoms with Gasteiger partial charge in [0, 0.05) is 23.7 Å². The van der Waals surface area contributed by atoms with E-state index in [0.29, 0.717) is 6.04 Å². The van der Waals surface area contributed by atoms with E-state index >= 15 is 0 Å². The van der Waals surface area contributed by atoms with Crippen LogP contribution in [0, 0.1) is 11.8 Å². The summed E-state index contributed by atoms with van der Waals surface area (Å²) in [4.78, 5) is 2.54. The number of benzene rings is 1. The van der Waals surface area contributed by atoms with E-state index in [1.54, 1.807) is 0 Å². The van der Waals surface area contributed by atoms with Gasteiger partial charge in [0.05, 0.1) is 6.54 Å². The van der Waals surface area contributed by atoms with Gasteiger partial charge in [-0.3, -0.25) is 4.90 Å². The summed E-state index contributed by atoms with van der Waals surface area (Å²) in [7, 11) is 0. The predicted molar refractivity (Wildman–Crippen MR) is 90.3 cm³/mol. The van der Waals surface area contributed by atoms with Crippen molar-refractivity contribution in [2.45, 2.75) is 51.6 Å². The quantitative estimate of drug-likeness (QED) is 0.857. The average Bonchev–Trinajstić information content (AvgIpc) is 2.46. The van der Waals surface area contributed by atoms with Crippen molar-refractivity contribution >= 4 is 0 Å². The minimum absolute atomic E-state index is 0.193. The second kappa shape index (κ2) is 7.64. The van der Waals surface area contributed by atoms with Gasteiger partial charge in [0.1, 0.15) is 0 Å². The molecule has 1 aliphatic rings.